The molecule has 7 heteroatoms. The summed E-state index contributed by atoms with van der Waals surface area (Å²) in [4.78, 5) is 26.4. The average molecular weight is 354 g/mol. The quantitative estimate of drug-likeness (QED) is 0.860. The molecule has 1 aliphatic heterocycles. The molecule has 3 N–H and O–H groups in total. The van der Waals surface area contributed by atoms with Gasteiger partial charge in [0.1, 0.15) is 5.76 Å². The fourth-order valence-electron chi connectivity index (χ4n) is 3.34. The molecule has 0 radical (unpaired) electrons. The van der Waals surface area contributed by atoms with E-state index in [0.717, 1.165) is 50.2 Å². The fourth-order valence-corrected chi connectivity index (χ4v) is 3.34. The van der Waals surface area contributed by atoms with Crippen molar-refractivity contribution >= 4 is 23.2 Å². The molecule has 7 nitrogen and oxygen atoms in total. The van der Waals surface area contributed by atoms with Crippen LogP contribution in [0.3, 0.4) is 0 Å². The van der Waals surface area contributed by atoms with Crippen LogP contribution in [0.2, 0.25) is 0 Å². The number of hydrogen-bond donors (Lipinski definition) is 2. The van der Waals surface area contributed by atoms with Crippen LogP contribution in [0.25, 0.3) is 0 Å². The summed E-state index contributed by atoms with van der Waals surface area (Å²) in [5, 5.41) is 6.76. The molecular weight excluding hydrogens is 332 g/mol. The van der Waals surface area contributed by atoms with Crippen molar-refractivity contribution < 1.29 is 14.1 Å². The Labute approximate surface area is 151 Å². The Morgan fingerprint density at radius 3 is 2.62 bits per heavy atom. The van der Waals surface area contributed by atoms with Crippen LogP contribution in [0.4, 0.5) is 11.4 Å². The SMILES string of the molecule is NC(=O)c1ccc(N2CCCCC2)c(NC(=O)c2cc(C3CC3)on2)c1. The Kier molecular flexibility index (Phi) is 4.36. The maximum Gasteiger partial charge on any atom is 0.277 e. The van der Waals surface area contributed by atoms with Gasteiger partial charge in [-0.2, -0.15) is 0 Å². The van der Waals surface area contributed by atoms with E-state index in [9.17, 15) is 9.59 Å². The van der Waals surface area contributed by atoms with E-state index in [0.29, 0.717) is 17.2 Å². The number of carbonyl (C=O) groups is 2. The topological polar surface area (TPSA) is 101 Å². The molecule has 4 rings (SSSR count). The van der Waals surface area contributed by atoms with Gasteiger partial charge in [0.2, 0.25) is 5.91 Å². The third-order valence-electron chi connectivity index (χ3n) is 4.97. The molecule has 0 spiro atoms. The Hall–Kier alpha value is -2.83. The van der Waals surface area contributed by atoms with E-state index in [2.05, 4.69) is 15.4 Å². The van der Waals surface area contributed by atoms with Crippen LogP contribution in [0.15, 0.2) is 28.8 Å². The second kappa shape index (κ2) is 6.82. The Bertz CT molecular complexity index is 835. The Morgan fingerprint density at radius 2 is 1.92 bits per heavy atom. The zero-order valence-corrected chi connectivity index (χ0v) is 14.5. The molecule has 136 valence electrons. The zero-order valence-electron chi connectivity index (χ0n) is 14.5. The van der Waals surface area contributed by atoms with Crippen molar-refractivity contribution in [2.45, 2.75) is 38.0 Å². The highest BCUT2D eigenvalue weighted by atomic mass is 16.5. The number of amides is 2. The van der Waals surface area contributed by atoms with Crippen LogP contribution in [0, 0.1) is 0 Å². The number of carbonyl (C=O) groups excluding carboxylic acids is 2. The molecule has 1 aromatic carbocycles. The molecule has 1 saturated heterocycles. The lowest BCUT2D eigenvalue weighted by molar-refractivity contribution is 0.0994. The van der Waals surface area contributed by atoms with E-state index in [1.807, 2.05) is 6.07 Å². The van der Waals surface area contributed by atoms with Gasteiger partial charge in [-0.15, -0.1) is 0 Å². The van der Waals surface area contributed by atoms with Gasteiger partial charge in [-0.3, -0.25) is 9.59 Å². The number of benzene rings is 1. The molecule has 1 aromatic heterocycles. The van der Waals surface area contributed by atoms with Gasteiger partial charge in [0.05, 0.1) is 11.4 Å². The molecular formula is C19H22N4O3. The van der Waals surface area contributed by atoms with Crippen LogP contribution in [0.1, 0.15) is 64.6 Å². The van der Waals surface area contributed by atoms with Gasteiger partial charge in [-0.25, -0.2) is 0 Å². The summed E-state index contributed by atoms with van der Waals surface area (Å²) < 4.78 is 5.26. The minimum atomic E-state index is -0.525. The number of anilines is 2. The molecule has 1 saturated carbocycles. The number of aromatic nitrogens is 1. The van der Waals surface area contributed by atoms with E-state index in [4.69, 9.17) is 10.3 Å². The summed E-state index contributed by atoms with van der Waals surface area (Å²) in [6.07, 6.45) is 5.59. The lowest BCUT2D eigenvalue weighted by Gasteiger charge is -2.30. The first-order valence-electron chi connectivity index (χ1n) is 9.08. The second-order valence-electron chi connectivity index (χ2n) is 6.99. The highest BCUT2D eigenvalue weighted by Crippen LogP contribution is 2.40. The zero-order chi connectivity index (χ0) is 18.1. The van der Waals surface area contributed by atoms with Crippen molar-refractivity contribution in [3.63, 3.8) is 0 Å². The third-order valence-corrected chi connectivity index (χ3v) is 4.97. The van der Waals surface area contributed by atoms with E-state index >= 15 is 0 Å². The first-order chi connectivity index (χ1) is 12.6. The molecule has 2 aliphatic rings. The molecule has 2 amide bonds. The van der Waals surface area contributed by atoms with Crippen molar-refractivity contribution in [2.75, 3.05) is 23.3 Å². The van der Waals surface area contributed by atoms with Crippen LogP contribution >= 0.6 is 0 Å². The van der Waals surface area contributed by atoms with Crippen molar-refractivity contribution in [2.24, 2.45) is 5.73 Å². The summed E-state index contributed by atoms with van der Waals surface area (Å²) in [5.74, 6) is 0.284. The molecule has 26 heavy (non-hydrogen) atoms. The number of nitrogens with two attached hydrogens (primary N) is 1. The summed E-state index contributed by atoms with van der Waals surface area (Å²) in [6, 6.07) is 6.88. The van der Waals surface area contributed by atoms with E-state index in [1.165, 1.54) is 6.42 Å². The largest absolute Gasteiger partial charge is 0.370 e. The van der Waals surface area contributed by atoms with Gasteiger partial charge in [0.25, 0.3) is 5.91 Å². The van der Waals surface area contributed by atoms with E-state index in [-0.39, 0.29) is 11.6 Å². The van der Waals surface area contributed by atoms with Crippen molar-refractivity contribution in [1.29, 1.82) is 0 Å². The summed E-state index contributed by atoms with van der Waals surface area (Å²) in [7, 11) is 0. The van der Waals surface area contributed by atoms with Gasteiger partial charge in [-0.05, 0) is 50.3 Å². The fraction of sp³-hybridized carbons (Fsp3) is 0.421. The molecule has 0 unspecified atom stereocenters. The maximum absolute atomic E-state index is 12.6. The van der Waals surface area contributed by atoms with Crippen LogP contribution in [-0.4, -0.2) is 30.1 Å². The van der Waals surface area contributed by atoms with Crippen molar-refractivity contribution in [3.05, 3.63) is 41.3 Å². The number of nitrogens with zero attached hydrogens (tertiary/aromatic N) is 2. The molecule has 0 bridgehead atoms. The lowest BCUT2D eigenvalue weighted by Crippen LogP contribution is -2.30. The number of primary amides is 1. The Morgan fingerprint density at radius 1 is 1.15 bits per heavy atom. The predicted molar refractivity (Wildman–Crippen MR) is 97.5 cm³/mol. The maximum atomic E-state index is 12.6. The molecule has 0 atom stereocenters. The van der Waals surface area contributed by atoms with E-state index < -0.39 is 5.91 Å². The summed E-state index contributed by atoms with van der Waals surface area (Å²) in [6.45, 7) is 1.85. The smallest absolute Gasteiger partial charge is 0.277 e. The minimum Gasteiger partial charge on any atom is -0.370 e. The van der Waals surface area contributed by atoms with Gasteiger partial charge in [-0.1, -0.05) is 5.16 Å². The second-order valence-corrected chi connectivity index (χ2v) is 6.99. The number of rotatable bonds is 5. The average Bonchev–Trinajstić information content (AvgIpc) is 3.39. The van der Waals surface area contributed by atoms with Crippen molar-refractivity contribution in [3.8, 4) is 0 Å². The molecule has 1 aliphatic carbocycles. The number of hydrogen-bond acceptors (Lipinski definition) is 5. The third kappa shape index (κ3) is 3.42. The number of piperidine rings is 1. The molecule has 2 aromatic rings. The Balaban J connectivity index is 1.60. The molecule has 2 heterocycles. The first-order valence-corrected chi connectivity index (χ1v) is 9.08. The van der Waals surface area contributed by atoms with Gasteiger partial charge >= 0.3 is 0 Å². The first kappa shape index (κ1) is 16.6. The van der Waals surface area contributed by atoms with Crippen LogP contribution in [-0.2, 0) is 0 Å². The van der Waals surface area contributed by atoms with Crippen LogP contribution < -0.4 is 16.0 Å². The van der Waals surface area contributed by atoms with Gasteiger partial charge in [0, 0.05) is 30.6 Å². The van der Waals surface area contributed by atoms with Gasteiger partial charge in [0.15, 0.2) is 5.69 Å². The molecule has 2 fully saturated rings. The standard InChI is InChI=1S/C19H22N4O3/c20-18(24)13-6-7-16(23-8-2-1-3-9-23)14(10-13)21-19(25)15-11-17(26-22-15)12-4-5-12/h6-7,10-12H,1-5,8-9H2,(H2,20,24)(H,21,25). The normalized spacial score (nSPS) is 17.2. The predicted octanol–water partition coefficient (Wildman–Crippen LogP) is 2.89. The lowest BCUT2D eigenvalue weighted by atomic mass is 10.1. The van der Waals surface area contributed by atoms with Crippen LogP contribution in [0.5, 0.6) is 0 Å². The summed E-state index contributed by atoms with van der Waals surface area (Å²) >= 11 is 0. The number of nitrogens with one attached hydrogen (secondary N) is 1. The summed E-state index contributed by atoms with van der Waals surface area (Å²) in [5.41, 5.74) is 7.49. The monoisotopic (exact) mass is 354 g/mol. The van der Waals surface area contributed by atoms with Crippen molar-refractivity contribution in [1.82, 2.24) is 5.16 Å². The minimum absolute atomic E-state index is 0.251. The highest BCUT2D eigenvalue weighted by molar-refractivity contribution is 6.06. The van der Waals surface area contributed by atoms with Gasteiger partial charge < -0.3 is 20.5 Å². The highest BCUT2D eigenvalue weighted by Gasteiger charge is 2.29. The van der Waals surface area contributed by atoms with E-state index in [1.54, 1.807) is 18.2 Å².